The standard InChI is InChI=1S/C20H24N2O2/c1-14(12-15-6-11-18(23)22(5)13-15)16-7-9-17(10-8-16)19(24)21-20(2,3)4/h6-13H,1-5H3,(H,21,24)/b14-12+. The third kappa shape index (κ3) is 4.69. The van der Waals surface area contributed by atoms with Crippen LogP contribution in [0.25, 0.3) is 11.6 Å². The first-order valence-electron chi connectivity index (χ1n) is 7.94. The first kappa shape index (κ1) is 17.7. The highest BCUT2D eigenvalue weighted by Gasteiger charge is 2.15. The molecule has 1 heterocycles. The van der Waals surface area contributed by atoms with Gasteiger partial charge in [-0.15, -0.1) is 0 Å². The maximum atomic E-state index is 12.1. The van der Waals surface area contributed by atoms with Gasteiger partial charge in [-0.2, -0.15) is 0 Å². The van der Waals surface area contributed by atoms with E-state index in [1.54, 1.807) is 29.9 Å². The first-order valence-corrected chi connectivity index (χ1v) is 7.94. The Labute approximate surface area is 142 Å². The van der Waals surface area contributed by atoms with Gasteiger partial charge in [-0.05, 0) is 68.7 Å². The minimum absolute atomic E-state index is 0.0287. The van der Waals surface area contributed by atoms with E-state index in [9.17, 15) is 9.59 Å². The fourth-order valence-electron chi connectivity index (χ4n) is 2.33. The average molecular weight is 324 g/mol. The summed E-state index contributed by atoms with van der Waals surface area (Å²) < 4.78 is 1.55. The highest BCUT2D eigenvalue weighted by Crippen LogP contribution is 2.18. The summed E-state index contributed by atoms with van der Waals surface area (Å²) in [6.07, 6.45) is 3.82. The predicted octanol–water partition coefficient (Wildman–Crippen LogP) is 3.47. The summed E-state index contributed by atoms with van der Waals surface area (Å²) in [6, 6.07) is 10.9. The Kier molecular flexibility index (Phi) is 5.07. The van der Waals surface area contributed by atoms with E-state index < -0.39 is 0 Å². The van der Waals surface area contributed by atoms with Gasteiger partial charge in [0.2, 0.25) is 5.56 Å². The number of nitrogens with one attached hydrogen (secondary N) is 1. The number of hydrogen-bond acceptors (Lipinski definition) is 2. The number of rotatable bonds is 3. The number of nitrogens with zero attached hydrogens (tertiary/aromatic N) is 1. The number of allylic oxidation sites excluding steroid dienone is 1. The average Bonchev–Trinajstić information content (AvgIpc) is 2.49. The number of amides is 1. The van der Waals surface area contributed by atoms with E-state index >= 15 is 0 Å². The van der Waals surface area contributed by atoms with E-state index in [4.69, 9.17) is 0 Å². The number of aryl methyl sites for hydroxylation is 1. The van der Waals surface area contributed by atoms with Crippen molar-refractivity contribution in [2.75, 3.05) is 0 Å². The van der Waals surface area contributed by atoms with Crippen LogP contribution in [0.15, 0.2) is 47.4 Å². The molecule has 0 fully saturated rings. The molecular formula is C20H24N2O2. The van der Waals surface area contributed by atoms with Gasteiger partial charge in [0, 0.05) is 30.4 Å². The van der Waals surface area contributed by atoms with E-state index in [2.05, 4.69) is 5.32 Å². The van der Waals surface area contributed by atoms with Crippen molar-refractivity contribution in [3.05, 3.63) is 69.6 Å². The number of carbonyl (C=O) groups is 1. The van der Waals surface area contributed by atoms with Gasteiger partial charge in [0.15, 0.2) is 0 Å². The van der Waals surface area contributed by atoms with Crippen molar-refractivity contribution in [3.8, 4) is 0 Å². The summed E-state index contributed by atoms with van der Waals surface area (Å²) >= 11 is 0. The molecular weight excluding hydrogens is 300 g/mol. The Morgan fingerprint density at radius 2 is 1.62 bits per heavy atom. The molecule has 24 heavy (non-hydrogen) atoms. The van der Waals surface area contributed by atoms with E-state index in [0.717, 1.165) is 16.7 Å². The lowest BCUT2D eigenvalue weighted by Crippen LogP contribution is -2.40. The van der Waals surface area contributed by atoms with Gasteiger partial charge < -0.3 is 9.88 Å². The van der Waals surface area contributed by atoms with Crippen molar-refractivity contribution in [2.45, 2.75) is 33.2 Å². The summed E-state index contributed by atoms with van der Waals surface area (Å²) in [4.78, 5) is 23.6. The van der Waals surface area contributed by atoms with Crippen LogP contribution in [0.3, 0.4) is 0 Å². The topological polar surface area (TPSA) is 51.1 Å². The first-order chi connectivity index (χ1) is 11.2. The molecule has 4 heteroatoms. The zero-order chi connectivity index (χ0) is 17.9. The molecule has 2 rings (SSSR count). The van der Waals surface area contributed by atoms with Crippen LogP contribution in [0.2, 0.25) is 0 Å². The molecule has 1 aromatic heterocycles. The second kappa shape index (κ2) is 6.87. The lowest BCUT2D eigenvalue weighted by molar-refractivity contribution is 0.0919. The zero-order valence-electron chi connectivity index (χ0n) is 14.9. The van der Waals surface area contributed by atoms with Crippen LogP contribution < -0.4 is 10.9 Å². The van der Waals surface area contributed by atoms with Gasteiger partial charge in [0.1, 0.15) is 0 Å². The van der Waals surface area contributed by atoms with Crippen molar-refractivity contribution in [2.24, 2.45) is 7.05 Å². The Balaban J connectivity index is 2.20. The molecule has 126 valence electrons. The van der Waals surface area contributed by atoms with Crippen molar-refractivity contribution in [1.29, 1.82) is 0 Å². The molecule has 0 aliphatic rings. The Morgan fingerprint density at radius 3 is 2.17 bits per heavy atom. The van der Waals surface area contributed by atoms with Crippen molar-refractivity contribution in [3.63, 3.8) is 0 Å². The molecule has 0 spiro atoms. The van der Waals surface area contributed by atoms with Crippen LogP contribution in [0.1, 0.15) is 49.2 Å². The lowest BCUT2D eigenvalue weighted by Gasteiger charge is -2.20. The summed E-state index contributed by atoms with van der Waals surface area (Å²) in [7, 11) is 1.73. The highest BCUT2D eigenvalue weighted by molar-refractivity contribution is 5.95. The number of pyridine rings is 1. The van der Waals surface area contributed by atoms with Gasteiger partial charge >= 0.3 is 0 Å². The van der Waals surface area contributed by atoms with Crippen molar-refractivity contribution in [1.82, 2.24) is 9.88 Å². The van der Waals surface area contributed by atoms with Crippen LogP contribution in [0.4, 0.5) is 0 Å². The molecule has 4 nitrogen and oxygen atoms in total. The van der Waals surface area contributed by atoms with Crippen LogP contribution in [0.5, 0.6) is 0 Å². The third-order valence-corrected chi connectivity index (χ3v) is 3.58. The lowest BCUT2D eigenvalue weighted by atomic mass is 10.0. The third-order valence-electron chi connectivity index (χ3n) is 3.58. The molecule has 1 N–H and O–H groups in total. The maximum absolute atomic E-state index is 12.1. The molecule has 0 unspecified atom stereocenters. The quantitative estimate of drug-likeness (QED) is 0.940. The normalized spacial score (nSPS) is 12.1. The molecule has 0 saturated carbocycles. The Hall–Kier alpha value is -2.62. The molecule has 0 atom stereocenters. The molecule has 1 aromatic carbocycles. The molecule has 0 aliphatic heterocycles. The number of carbonyl (C=O) groups excluding carboxylic acids is 1. The Bertz CT molecular complexity index is 822. The smallest absolute Gasteiger partial charge is 0.251 e. The van der Waals surface area contributed by atoms with E-state index in [1.165, 1.54) is 0 Å². The largest absolute Gasteiger partial charge is 0.347 e. The molecule has 0 radical (unpaired) electrons. The number of hydrogen-bond donors (Lipinski definition) is 1. The zero-order valence-corrected chi connectivity index (χ0v) is 14.9. The summed E-state index contributed by atoms with van der Waals surface area (Å²) in [5.74, 6) is -0.0752. The van der Waals surface area contributed by atoms with Crippen LogP contribution >= 0.6 is 0 Å². The maximum Gasteiger partial charge on any atom is 0.251 e. The van der Waals surface area contributed by atoms with Crippen molar-refractivity contribution >= 4 is 17.6 Å². The van der Waals surface area contributed by atoms with Crippen LogP contribution in [-0.2, 0) is 7.05 Å². The second-order valence-corrected chi connectivity index (χ2v) is 7.02. The van der Waals surface area contributed by atoms with Gasteiger partial charge in [-0.3, -0.25) is 9.59 Å². The van der Waals surface area contributed by atoms with Gasteiger partial charge in [-0.1, -0.05) is 12.1 Å². The highest BCUT2D eigenvalue weighted by atomic mass is 16.1. The van der Waals surface area contributed by atoms with Crippen molar-refractivity contribution < 1.29 is 4.79 Å². The fourth-order valence-corrected chi connectivity index (χ4v) is 2.33. The summed E-state index contributed by atoms with van der Waals surface area (Å²) in [6.45, 7) is 7.88. The molecule has 0 bridgehead atoms. The second-order valence-electron chi connectivity index (χ2n) is 7.02. The molecule has 2 aromatic rings. The van der Waals surface area contributed by atoms with E-state index in [-0.39, 0.29) is 17.0 Å². The van der Waals surface area contributed by atoms with E-state index in [0.29, 0.717) is 5.56 Å². The van der Waals surface area contributed by atoms with Gasteiger partial charge in [-0.25, -0.2) is 0 Å². The molecule has 0 saturated heterocycles. The summed E-state index contributed by atoms with van der Waals surface area (Å²) in [5, 5.41) is 2.95. The van der Waals surface area contributed by atoms with Gasteiger partial charge in [0.05, 0.1) is 0 Å². The number of aromatic nitrogens is 1. The fraction of sp³-hybridized carbons (Fsp3) is 0.300. The van der Waals surface area contributed by atoms with Gasteiger partial charge in [0.25, 0.3) is 5.91 Å². The Morgan fingerprint density at radius 1 is 1.04 bits per heavy atom. The van der Waals surface area contributed by atoms with E-state index in [1.807, 2.05) is 58.0 Å². The minimum Gasteiger partial charge on any atom is -0.347 e. The predicted molar refractivity (Wildman–Crippen MR) is 98.9 cm³/mol. The van der Waals surface area contributed by atoms with Crippen LogP contribution in [0, 0.1) is 0 Å². The SMILES string of the molecule is C/C(=C\c1ccc(=O)n(C)c1)c1ccc(C(=O)NC(C)(C)C)cc1. The van der Waals surface area contributed by atoms with Crippen LogP contribution in [-0.4, -0.2) is 16.0 Å². The summed E-state index contributed by atoms with van der Waals surface area (Å²) in [5.41, 5.74) is 3.42. The molecule has 0 aliphatic carbocycles. The molecule has 1 amide bonds. The monoisotopic (exact) mass is 324 g/mol. The number of benzene rings is 1. The minimum atomic E-state index is -0.255.